The van der Waals surface area contributed by atoms with Gasteiger partial charge in [-0.15, -0.1) is 11.3 Å². The number of rotatable bonds is 9. The normalized spacial score (nSPS) is 18.5. The topological polar surface area (TPSA) is 73.1 Å². The second-order valence-corrected chi connectivity index (χ2v) is 10.0. The van der Waals surface area contributed by atoms with Crippen molar-refractivity contribution < 1.29 is 4.79 Å². The van der Waals surface area contributed by atoms with Crippen LogP contribution in [-0.4, -0.2) is 21.6 Å². The fraction of sp³-hybridized carbons (Fsp3) is 0.500. The van der Waals surface area contributed by atoms with E-state index in [0.29, 0.717) is 23.3 Å². The molecule has 7 heteroatoms. The van der Waals surface area contributed by atoms with Crippen LogP contribution in [0.3, 0.4) is 0 Å². The van der Waals surface area contributed by atoms with Crippen LogP contribution in [0.1, 0.15) is 57.4 Å². The van der Waals surface area contributed by atoms with Gasteiger partial charge in [0.2, 0.25) is 5.91 Å². The summed E-state index contributed by atoms with van der Waals surface area (Å²) in [6, 6.07) is 11.7. The molecule has 2 aromatic heterocycles. The lowest BCUT2D eigenvalue weighted by Crippen LogP contribution is -2.42. The summed E-state index contributed by atoms with van der Waals surface area (Å²) in [7, 11) is 0. The Labute approximate surface area is 198 Å². The molecule has 1 fully saturated rings. The molecule has 1 amide bonds. The lowest BCUT2D eigenvalue weighted by atomic mass is 9.81. The second-order valence-electron chi connectivity index (χ2n) is 9.12. The SMILES string of the molecule is CCCCCNC(=O)C1CCC(Cn2c(=O)c3sccc3n(Cc3ccccc3)c2=O)CC1. The predicted molar refractivity (Wildman–Crippen MR) is 134 cm³/mol. The quantitative estimate of drug-likeness (QED) is 0.475. The number of amides is 1. The maximum Gasteiger partial charge on any atom is 0.331 e. The molecule has 1 N–H and O–H groups in total. The molecule has 1 aromatic carbocycles. The van der Waals surface area contributed by atoms with Gasteiger partial charge in [0.25, 0.3) is 5.56 Å². The van der Waals surface area contributed by atoms with Crippen LogP contribution in [0.5, 0.6) is 0 Å². The first-order chi connectivity index (χ1) is 16.1. The first kappa shape index (κ1) is 23.5. The molecule has 0 bridgehead atoms. The van der Waals surface area contributed by atoms with Gasteiger partial charge in [-0.1, -0.05) is 50.1 Å². The monoisotopic (exact) mass is 467 g/mol. The van der Waals surface area contributed by atoms with Crippen molar-refractivity contribution in [1.29, 1.82) is 0 Å². The maximum absolute atomic E-state index is 13.4. The van der Waals surface area contributed by atoms with Crippen molar-refractivity contribution in [3.63, 3.8) is 0 Å². The smallest absolute Gasteiger partial charge is 0.331 e. The Bertz CT molecular complexity index is 1190. The number of hydrogen-bond acceptors (Lipinski definition) is 4. The van der Waals surface area contributed by atoms with Crippen molar-refractivity contribution in [3.8, 4) is 0 Å². The minimum Gasteiger partial charge on any atom is -0.356 e. The Morgan fingerprint density at radius 3 is 2.52 bits per heavy atom. The number of nitrogens with zero attached hydrogens (tertiary/aromatic N) is 2. The molecule has 3 aromatic rings. The predicted octanol–water partition coefficient (Wildman–Crippen LogP) is 4.39. The molecule has 2 heterocycles. The Balaban J connectivity index is 1.47. The minimum absolute atomic E-state index is 0.0501. The fourth-order valence-corrected chi connectivity index (χ4v) is 5.65. The van der Waals surface area contributed by atoms with Crippen molar-refractivity contribution in [2.45, 2.75) is 65.0 Å². The molecule has 6 nitrogen and oxygen atoms in total. The summed E-state index contributed by atoms with van der Waals surface area (Å²) < 4.78 is 3.78. The van der Waals surface area contributed by atoms with Gasteiger partial charge in [0, 0.05) is 19.0 Å². The summed E-state index contributed by atoms with van der Waals surface area (Å²) in [6.07, 6.45) is 6.67. The van der Waals surface area contributed by atoms with Gasteiger partial charge in [-0.25, -0.2) is 4.79 Å². The van der Waals surface area contributed by atoms with Crippen LogP contribution >= 0.6 is 11.3 Å². The molecule has 1 aliphatic carbocycles. The van der Waals surface area contributed by atoms with Crippen LogP contribution in [-0.2, 0) is 17.9 Å². The molecular formula is C26H33N3O3S. The van der Waals surface area contributed by atoms with E-state index >= 15 is 0 Å². The molecule has 33 heavy (non-hydrogen) atoms. The third kappa shape index (κ3) is 5.46. The van der Waals surface area contributed by atoms with E-state index in [1.165, 1.54) is 15.9 Å². The molecule has 0 unspecified atom stereocenters. The molecule has 4 rings (SSSR count). The number of carbonyl (C=O) groups is 1. The van der Waals surface area contributed by atoms with Gasteiger partial charge in [0.05, 0.1) is 12.1 Å². The Morgan fingerprint density at radius 1 is 1.03 bits per heavy atom. The highest BCUT2D eigenvalue weighted by atomic mass is 32.1. The molecule has 0 radical (unpaired) electrons. The van der Waals surface area contributed by atoms with Gasteiger partial charge in [-0.2, -0.15) is 0 Å². The van der Waals surface area contributed by atoms with E-state index < -0.39 is 0 Å². The first-order valence-electron chi connectivity index (χ1n) is 12.1. The van der Waals surface area contributed by atoms with Crippen molar-refractivity contribution in [3.05, 3.63) is 68.2 Å². The number of thiophene rings is 1. The van der Waals surface area contributed by atoms with Crippen LogP contribution in [0, 0.1) is 11.8 Å². The summed E-state index contributed by atoms with van der Waals surface area (Å²) in [5, 5.41) is 4.95. The summed E-state index contributed by atoms with van der Waals surface area (Å²) in [6.45, 7) is 3.77. The molecule has 0 atom stereocenters. The molecule has 1 saturated carbocycles. The zero-order valence-electron chi connectivity index (χ0n) is 19.3. The Kier molecular flexibility index (Phi) is 7.81. The highest BCUT2D eigenvalue weighted by Crippen LogP contribution is 2.30. The van der Waals surface area contributed by atoms with E-state index in [2.05, 4.69) is 12.2 Å². The van der Waals surface area contributed by atoms with E-state index in [-0.39, 0.29) is 29.0 Å². The largest absolute Gasteiger partial charge is 0.356 e. The van der Waals surface area contributed by atoms with Crippen LogP contribution in [0.25, 0.3) is 10.2 Å². The second kappa shape index (κ2) is 11.0. The van der Waals surface area contributed by atoms with Crippen LogP contribution in [0.4, 0.5) is 0 Å². The van der Waals surface area contributed by atoms with E-state index in [9.17, 15) is 14.4 Å². The van der Waals surface area contributed by atoms with E-state index in [1.54, 1.807) is 4.57 Å². The van der Waals surface area contributed by atoms with Gasteiger partial charge in [0.15, 0.2) is 0 Å². The lowest BCUT2D eigenvalue weighted by molar-refractivity contribution is -0.126. The first-order valence-corrected chi connectivity index (χ1v) is 13.0. The molecular weight excluding hydrogens is 434 g/mol. The molecule has 0 aliphatic heterocycles. The summed E-state index contributed by atoms with van der Waals surface area (Å²) >= 11 is 1.39. The van der Waals surface area contributed by atoms with Crippen LogP contribution in [0.15, 0.2) is 51.4 Å². The van der Waals surface area contributed by atoms with Gasteiger partial charge >= 0.3 is 5.69 Å². The lowest BCUT2D eigenvalue weighted by Gasteiger charge is -2.28. The molecule has 1 aliphatic rings. The fourth-order valence-electron chi connectivity index (χ4n) is 4.81. The Hall–Kier alpha value is -2.67. The average Bonchev–Trinajstić information content (AvgIpc) is 3.33. The third-order valence-electron chi connectivity index (χ3n) is 6.76. The van der Waals surface area contributed by atoms with Gasteiger partial charge in [-0.05, 0) is 55.0 Å². The van der Waals surface area contributed by atoms with Gasteiger partial charge < -0.3 is 5.32 Å². The minimum atomic E-state index is -0.245. The molecule has 176 valence electrons. The molecule has 0 spiro atoms. The number of nitrogens with one attached hydrogen (secondary N) is 1. The van der Waals surface area contributed by atoms with Crippen LogP contribution in [0.2, 0.25) is 0 Å². The molecule has 0 saturated heterocycles. The van der Waals surface area contributed by atoms with Crippen molar-refractivity contribution in [2.24, 2.45) is 11.8 Å². The van der Waals surface area contributed by atoms with Crippen molar-refractivity contribution in [1.82, 2.24) is 14.5 Å². The zero-order chi connectivity index (χ0) is 23.2. The summed E-state index contributed by atoms with van der Waals surface area (Å²) in [5.74, 6) is 0.447. The number of hydrogen-bond donors (Lipinski definition) is 1. The highest BCUT2D eigenvalue weighted by molar-refractivity contribution is 7.17. The highest BCUT2D eigenvalue weighted by Gasteiger charge is 2.27. The standard InChI is InChI=1S/C26H33N3O3S/c1-2-3-7-15-27-24(30)21-12-10-20(11-13-21)18-29-25(31)23-22(14-16-33-23)28(26(29)32)17-19-8-5-4-6-9-19/h4-6,8-9,14,16,20-21H,2-3,7,10-13,15,17-18H2,1H3,(H,27,30). The van der Waals surface area contributed by atoms with E-state index in [4.69, 9.17) is 0 Å². The Morgan fingerprint density at radius 2 is 1.79 bits per heavy atom. The number of carbonyl (C=O) groups excluding carboxylic acids is 1. The van der Waals surface area contributed by atoms with Gasteiger partial charge in [0.1, 0.15) is 4.70 Å². The number of fused-ring (bicyclic) bond motifs is 1. The van der Waals surface area contributed by atoms with Crippen LogP contribution < -0.4 is 16.6 Å². The van der Waals surface area contributed by atoms with E-state index in [0.717, 1.165) is 57.1 Å². The third-order valence-corrected chi connectivity index (χ3v) is 7.65. The maximum atomic E-state index is 13.4. The average molecular weight is 468 g/mol. The zero-order valence-corrected chi connectivity index (χ0v) is 20.1. The summed E-state index contributed by atoms with van der Waals surface area (Å²) in [5.41, 5.74) is 1.30. The summed E-state index contributed by atoms with van der Waals surface area (Å²) in [4.78, 5) is 39.0. The number of unbranched alkanes of at least 4 members (excludes halogenated alkanes) is 2. The van der Waals surface area contributed by atoms with Gasteiger partial charge in [-0.3, -0.25) is 18.7 Å². The number of benzene rings is 1. The van der Waals surface area contributed by atoms with E-state index in [1.807, 2.05) is 41.8 Å². The van der Waals surface area contributed by atoms with Crippen molar-refractivity contribution >= 4 is 27.5 Å². The van der Waals surface area contributed by atoms with Crippen molar-refractivity contribution in [2.75, 3.05) is 6.54 Å². The number of aromatic nitrogens is 2.